The maximum Gasteiger partial charge on any atom is 0.270 e. The quantitative estimate of drug-likeness (QED) is 0.519. The number of carbonyl (C=O) groups is 1. The lowest BCUT2D eigenvalue weighted by Crippen LogP contribution is -2.35. The van der Waals surface area contributed by atoms with Crippen molar-refractivity contribution in [3.8, 4) is 11.4 Å². The number of aromatic nitrogens is 3. The molecule has 3 aromatic rings. The van der Waals surface area contributed by atoms with Gasteiger partial charge in [0.25, 0.3) is 5.91 Å². The molecule has 2 unspecified atom stereocenters. The Hall–Kier alpha value is -3.94. The molecule has 35 heavy (non-hydrogen) atoms. The maximum atomic E-state index is 12.9. The Morgan fingerprint density at radius 1 is 1.09 bits per heavy atom. The molecule has 1 amide bonds. The van der Waals surface area contributed by atoms with Crippen molar-refractivity contribution in [1.29, 1.82) is 0 Å². The molecule has 2 aromatic heterocycles. The van der Waals surface area contributed by atoms with E-state index in [-0.39, 0.29) is 5.91 Å². The summed E-state index contributed by atoms with van der Waals surface area (Å²) in [5.41, 5.74) is 6.54. The van der Waals surface area contributed by atoms with E-state index in [9.17, 15) is 4.79 Å². The second kappa shape index (κ2) is 9.37. The maximum absolute atomic E-state index is 12.9. The lowest BCUT2D eigenvalue weighted by molar-refractivity contribution is 0.0719. The van der Waals surface area contributed by atoms with Crippen LogP contribution in [0.1, 0.15) is 36.2 Å². The zero-order chi connectivity index (χ0) is 23.6. The van der Waals surface area contributed by atoms with E-state index in [0.29, 0.717) is 23.4 Å². The number of fused-ring (bicyclic) bond motifs is 1. The number of nitrogens with zero attached hydrogens (tertiary/aromatic N) is 4. The Morgan fingerprint density at radius 3 is 2.80 bits per heavy atom. The van der Waals surface area contributed by atoms with Gasteiger partial charge in [0.05, 0.1) is 0 Å². The fraction of sp³-hybridized carbons (Fsp3) is 0.333. The molecule has 1 aliphatic carbocycles. The topological polar surface area (TPSA) is 98.3 Å². The summed E-state index contributed by atoms with van der Waals surface area (Å²) in [6, 6.07) is 9.86. The number of hydrazone groups is 1. The molecule has 1 saturated heterocycles. The number of likely N-dealkylation sites (tertiary alicyclic amines) is 1. The van der Waals surface area contributed by atoms with Crippen LogP contribution in [-0.2, 0) is 0 Å². The summed E-state index contributed by atoms with van der Waals surface area (Å²) in [5.74, 6) is 2.40. The van der Waals surface area contributed by atoms with Crippen LogP contribution in [0.25, 0.3) is 22.3 Å². The molecule has 0 radical (unpaired) electrons. The number of carbonyl (C=O) groups excluding carboxylic acids is 1. The largest absolute Gasteiger partial charge is 0.351 e. The molecule has 8 nitrogen and oxygen atoms in total. The van der Waals surface area contributed by atoms with Crippen molar-refractivity contribution in [3.63, 3.8) is 0 Å². The van der Waals surface area contributed by atoms with Crippen molar-refractivity contribution < 1.29 is 4.79 Å². The molecule has 4 heterocycles. The molecule has 8 heteroatoms. The fourth-order valence-corrected chi connectivity index (χ4v) is 5.03. The first kappa shape index (κ1) is 21.6. The Kier molecular flexibility index (Phi) is 5.78. The van der Waals surface area contributed by atoms with Crippen LogP contribution in [0.3, 0.4) is 0 Å². The van der Waals surface area contributed by atoms with E-state index in [1.807, 2.05) is 41.4 Å². The van der Waals surface area contributed by atoms with Crippen molar-refractivity contribution >= 4 is 28.8 Å². The van der Waals surface area contributed by atoms with E-state index in [4.69, 9.17) is 4.98 Å². The van der Waals surface area contributed by atoms with Crippen LogP contribution in [0.2, 0.25) is 0 Å². The summed E-state index contributed by atoms with van der Waals surface area (Å²) in [5, 5.41) is 8.55. The molecular formula is C27H29N7O. The number of aromatic amines is 1. The van der Waals surface area contributed by atoms with Crippen molar-refractivity contribution in [3.05, 3.63) is 66.1 Å². The Morgan fingerprint density at radius 2 is 2.00 bits per heavy atom. The number of nitrogens with one attached hydrogen (secondary N) is 3. The highest BCUT2D eigenvalue weighted by molar-refractivity contribution is 5.98. The summed E-state index contributed by atoms with van der Waals surface area (Å²) < 4.78 is 0. The first-order valence-corrected chi connectivity index (χ1v) is 12.4. The number of anilines is 1. The minimum atomic E-state index is 0.0810. The van der Waals surface area contributed by atoms with Gasteiger partial charge in [-0.15, -0.1) is 0 Å². The Labute approximate surface area is 204 Å². The van der Waals surface area contributed by atoms with Gasteiger partial charge in [0.1, 0.15) is 11.5 Å². The normalized spacial score (nSPS) is 21.7. The highest BCUT2D eigenvalue weighted by Gasteiger charge is 2.22. The van der Waals surface area contributed by atoms with E-state index in [0.717, 1.165) is 66.9 Å². The third-order valence-electron chi connectivity index (χ3n) is 7.05. The highest BCUT2D eigenvalue weighted by atomic mass is 16.2. The van der Waals surface area contributed by atoms with E-state index < -0.39 is 0 Å². The molecule has 6 rings (SSSR count). The minimum Gasteiger partial charge on any atom is -0.351 e. The standard InChI is InChI=1S/C27H29N7O/c35-27(34-12-2-1-3-13-34)24-14-19-4-5-20(15-23(19)32-24)26-28-11-10-25(33-26)31-22-8-6-18(7-9-22)21-16-29-30-17-21/h4-6,8-11,14-16,18,21,30,32H,1-3,7,12-13,17H2,(H,28,31,33). The Balaban J connectivity index is 1.17. The fourth-order valence-electron chi connectivity index (χ4n) is 5.03. The zero-order valence-electron chi connectivity index (χ0n) is 19.6. The average Bonchev–Trinajstić information content (AvgIpc) is 3.59. The van der Waals surface area contributed by atoms with Gasteiger partial charge >= 0.3 is 0 Å². The molecule has 0 spiro atoms. The van der Waals surface area contributed by atoms with Gasteiger partial charge in [0.2, 0.25) is 0 Å². The third kappa shape index (κ3) is 4.56. The van der Waals surface area contributed by atoms with E-state index in [1.165, 1.54) is 6.42 Å². The summed E-state index contributed by atoms with van der Waals surface area (Å²) >= 11 is 0. The van der Waals surface area contributed by atoms with E-state index in [2.05, 4.69) is 44.0 Å². The lowest BCUT2D eigenvalue weighted by Gasteiger charge is -2.26. The van der Waals surface area contributed by atoms with Crippen LogP contribution >= 0.6 is 0 Å². The van der Waals surface area contributed by atoms with Crippen molar-refractivity contribution in [1.82, 2.24) is 25.3 Å². The van der Waals surface area contributed by atoms with Crippen molar-refractivity contribution in [2.24, 2.45) is 16.9 Å². The first-order chi connectivity index (χ1) is 17.2. The predicted molar refractivity (Wildman–Crippen MR) is 138 cm³/mol. The second-order valence-corrected chi connectivity index (χ2v) is 9.45. The molecule has 2 atom stereocenters. The lowest BCUT2D eigenvalue weighted by atomic mass is 9.87. The molecule has 1 aromatic carbocycles. The molecule has 3 N–H and O–H groups in total. The summed E-state index contributed by atoms with van der Waals surface area (Å²) in [6.45, 7) is 2.58. The van der Waals surface area contributed by atoms with Crippen LogP contribution < -0.4 is 10.7 Å². The molecule has 0 bridgehead atoms. The number of H-pyrrole nitrogens is 1. The molecule has 1 fully saturated rings. The van der Waals surface area contributed by atoms with Gasteiger partial charge in [0.15, 0.2) is 5.82 Å². The number of amides is 1. The average molecular weight is 468 g/mol. The van der Waals surface area contributed by atoms with Crippen LogP contribution in [0.4, 0.5) is 5.82 Å². The number of piperidine rings is 1. The zero-order valence-corrected chi connectivity index (χ0v) is 19.6. The molecule has 178 valence electrons. The minimum absolute atomic E-state index is 0.0810. The summed E-state index contributed by atoms with van der Waals surface area (Å²) in [7, 11) is 0. The number of hydrogen-bond donors (Lipinski definition) is 3. The van der Waals surface area contributed by atoms with Crippen LogP contribution in [0.15, 0.2) is 65.6 Å². The number of allylic oxidation sites excluding steroid dienone is 3. The molecular weight excluding hydrogens is 438 g/mol. The summed E-state index contributed by atoms with van der Waals surface area (Å²) in [6.07, 6.45) is 14.7. The second-order valence-electron chi connectivity index (χ2n) is 9.45. The number of rotatable bonds is 5. The van der Waals surface area contributed by atoms with Crippen molar-refractivity contribution in [2.75, 3.05) is 25.0 Å². The first-order valence-electron chi connectivity index (χ1n) is 12.4. The van der Waals surface area contributed by atoms with E-state index in [1.54, 1.807) is 6.20 Å². The highest BCUT2D eigenvalue weighted by Crippen LogP contribution is 2.27. The number of hydrogen-bond acceptors (Lipinski definition) is 6. The van der Waals surface area contributed by atoms with Gasteiger partial charge in [0, 0.05) is 60.1 Å². The predicted octanol–water partition coefficient (Wildman–Crippen LogP) is 4.33. The van der Waals surface area contributed by atoms with Crippen molar-refractivity contribution in [2.45, 2.75) is 25.7 Å². The van der Waals surface area contributed by atoms with Gasteiger partial charge in [-0.25, -0.2) is 9.97 Å². The third-order valence-corrected chi connectivity index (χ3v) is 7.05. The monoisotopic (exact) mass is 467 g/mol. The number of benzene rings is 1. The smallest absolute Gasteiger partial charge is 0.270 e. The van der Waals surface area contributed by atoms with Gasteiger partial charge in [-0.1, -0.05) is 24.3 Å². The molecule has 0 saturated carbocycles. The SMILES string of the molecule is O=C(c1cc2ccc(-c3nccc(NC4=CCC(C5C=NNC5)C=C4)n3)cc2[nH]1)N1CCCCC1. The molecule has 2 aliphatic heterocycles. The molecule has 3 aliphatic rings. The van der Waals surface area contributed by atoms with Gasteiger partial charge < -0.3 is 20.6 Å². The van der Waals surface area contributed by atoms with Crippen LogP contribution in [-0.4, -0.2) is 51.6 Å². The summed E-state index contributed by atoms with van der Waals surface area (Å²) in [4.78, 5) is 27.4. The van der Waals surface area contributed by atoms with Gasteiger partial charge in [-0.2, -0.15) is 5.10 Å². The van der Waals surface area contributed by atoms with E-state index >= 15 is 0 Å². The van der Waals surface area contributed by atoms with Gasteiger partial charge in [-0.3, -0.25) is 4.79 Å². The Bertz CT molecular complexity index is 1330. The van der Waals surface area contributed by atoms with Gasteiger partial charge in [-0.05, 0) is 55.9 Å². The van der Waals surface area contributed by atoms with Crippen LogP contribution in [0, 0.1) is 11.8 Å². The van der Waals surface area contributed by atoms with Crippen LogP contribution in [0.5, 0.6) is 0 Å².